The van der Waals surface area contributed by atoms with E-state index in [4.69, 9.17) is 26.2 Å². The van der Waals surface area contributed by atoms with Gasteiger partial charge in [-0.15, -0.1) is 0 Å². The highest BCUT2D eigenvalue weighted by atomic mass is 35.5. The highest BCUT2D eigenvalue weighted by molar-refractivity contribution is 6.31. The molecule has 1 aliphatic heterocycles. The van der Waals surface area contributed by atoms with Crippen molar-refractivity contribution < 1.29 is 33.7 Å². The van der Waals surface area contributed by atoms with E-state index in [9.17, 15) is 14.4 Å². The third-order valence-corrected chi connectivity index (χ3v) is 5.00. The zero-order valence-corrected chi connectivity index (χ0v) is 20.6. The maximum atomic E-state index is 11.3. The molecule has 0 spiro atoms. The second-order valence-electron chi connectivity index (χ2n) is 7.27. The van der Waals surface area contributed by atoms with Crippen LogP contribution in [0.4, 0.5) is 11.4 Å². The lowest BCUT2D eigenvalue weighted by atomic mass is 10.1. The van der Waals surface area contributed by atoms with Gasteiger partial charge in [-0.3, -0.25) is 4.79 Å². The standard InChI is InChI=1S/C22H25ClN2O3.C4H4O4/c1-2-27-22(26)9-5-12-24-13-6-14-25-19-8-4-3-7-17(19)16-28-21-11-10-18(23)15-20(21)25;5-3-8-2-1-4(6)7/h3-5,7-11,15,24H,2,6,12-14,16H2,1H3;1-3H,(H,6,7)/b9-5+;2-1-. The molecule has 0 aromatic heterocycles. The number of para-hydroxylation sites is 1. The van der Waals surface area contributed by atoms with Crippen LogP contribution in [0.5, 0.6) is 5.75 Å². The van der Waals surface area contributed by atoms with Crippen LogP contribution in [0.2, 0.25) is 5.02 Å². The number of benzene rings is 2. The molecule has 0 amide bonds. The summed E-state index contributed by atoms with van der Waals surface area (Å²) in [5.74, 6) is -0.614. The van der Waals surface area contributed by atoms with Crippen LogP contribution in [0, 0.1) is 0 Å². The molecule has 2 N–H and O–H groups in total. The molecular weight excluding hydrogens is 488 g/mol. The average molecular weight is 517 g/mol. The van der Waals surface area contributed by atoms with Crippen LogP contribution in [0.25, 0.3) is 0 Å². The molecule has 0 saturated heterocycles. The smallest absolute Gasteiger partial charge is 0.331 e. The van der Waals surface area contributed by atoms with Crippen LogP contribution in [0.3, 0.4) is 0 Å². The molecule has 192 valence electrons. The molecule has 1 heterocycles. The molecule has 0 bridgehead atoms. The van der Waals surface area contributed by atoms with Gasteiger partial charge in [0.1, 0.15) is 18.6 Å². The van der Waals surface area contributed by atoms with Gasteiger partial charge in [-0.05, 0) is 44.2 Å². The summed E-state index contributed by atoms with van der Waals surface area (Å²) < 4.78 is 14.7. The van der Waals surface area contributed by atoms with E-state index in [-0.39, 0.29) is 12.4 Å². The summed E-state index contributed by atoms with van der Waals surface area (Å²) in [7, 11) is 0. The van der Waals surface area contributed by atoms with E-state index in [1.54, 1.807) is 13.0 Å². The van der Waals surface area contributed by atoms with Gasteiger partial charge in [0.25, 0.3) is 6.47 Å². The van der Waals surface area contributed by atoms with E-state index in [0.29, 0.717) is 30.9 Å². The first-order chi connectivity index (χ1) is 17.5. The van der Waals surface area contributed by atoms with Crippen molar-refractivity contribution in [2.75, 3.05) is 31.1 Å². The molecule has 0 atom stereocenters. The van der Waals surface area contributed by atoms with Crippen LogP contribution in [-0.4, -0.2) is 49.8 Å². The minimum Gasteiger partial charge on any atom is -0.487 e. The number of anilines is 2. The zero-order chi connectivity index (χ0) is 26.2. The van der Waals surface area contributed by atoms with E-state index in [1.807, 2.05) is 30.3 Å². The van der Waals surface area contributed by atoms with Crippen molar-refractivity contribution in [1.29, 1.82) is 0 Å². The molecule has 36 heavy (non-hydrogen) atoms. The van der Waals surface area contributed by atoms with Gasteiger partial charge in [0.15, 0.2) is 0 Å². The van der Waals surface area contributed by atoms with E-state index >= 15 is 0 Å². The number of hydrogen-bond acceptors (Lipinski definition) is 8. The predicted octanol–water partition coefficient (Wildman–Crippen LogP) is 4.23. The lowest BCUT2D eigenvalue weighted by molar-refractivity contribution is -0.137. The van der Waals surface area contributed by atoms with Crippen molar-refractivity contribution in [3.63, 3.8) is 0 Å². The molecule has 3 rings (SSSR count). The molecule has 0 fully saturated rings. The first-order valence-electron chi connectivity index (χ1n) is 11.3. The topological polar surface area (TPSA) is 114 Å². The Kier molecular flexibility index (Phi) is 12.6. The Labute approximate surface area is 214 Å². The molecule has 2 aromatic rings. The van der Waals surface area contributed by atoms with Gasteiger partial charge < -0.3 is 29.5 Å². The number of nitrogens with one attached hydrogen (secondary N) is 1. The molecule has 0 aliphatic carbocycles. The summed E-state index contributed by atoms with van der Waals surface area (Å²) >= 11 is 6.25. The van der Waals surface area contributed by atoms with Crippen molar-refractivity contribution in [3.05, 3.63) is 77.5 Å². The number of halogens is 1. The Morgan fingerprint density at radius 3 is 2.75 bits per heavy atom. The van der Waals surface area contributed by atoms with Gasteiger partial charge in [0.2, 0.25) is 0 Å². The van der Waals surface area contributed by atoms with Crippen LogP contribution in [0.1, 0.15) is 18.9 Å². The molecule has 0 radical (unpaired) electrons. The van der Waals surface area contributed by atoms with Gasteiger partial charge in [-0.25, -0.2) is 9.59 Å². The summed E-state index contributed by atoms with van der Waals surface area (Å²) in [6.07, 6.45) is 5.66. The summed E-state index contributed by atoms with van der Waals surface area (Å²) in [5, 5.41) is 11.9. The first-order valence-corrected chi connectivity index (χ1v) is 11.6. The van der Waals surface area contributed by atoms with Crippen molar-refractivity contribution >= 4 is 41.4 Å². The van der Waals surface area contributed by atoms with E-state index in [1.165, 1.54) is 6.08 Å². The number of esters is 1. The highest BCUT2D eigenvalue weighted by Crippen LogP contribution is 2.40. The summed E-state index contributed by atoms with van der Waals surface area (Å²) in [4.78, 5) is 32.4. The largest absolute Gasteiger partial charge is 0.487 e. The number of aliphatic carboxylic acids is 1. The fourth-order valence-corrected chi connectivity index (χ4v) is 3.43. The average Bonchev–Trinajstić information content (AvgIpc) is 3.01. The van der Waals surface area contributed by atoms with Gasteiger partial charge in [0, 0.05) is 35.4 Å². The fraction of sp³-hybridized carbons (Fsp3) is 0.269. The lowest BCUT2D eigenvalue weighted by Crippen LogP contribution is -2.24. The second kappa shape index (κ2) is 16.0. The Morgan fingerprint density at radius 1 is 1.19 bits per heavy atom. The molecular formula is C26H29ClN2O7. The molecule has 0 saturated carbocycles. The number of carboxylic acid groups (broad SMARTS) is 1. The monoisotopic (exact) mass is 516 g/mol. The van der Waals surface area contributed by atoms with Crippen LogP contribution >= 0.6 is 11.6 Å². The van der Waals surface area contributed by atoms with E-state index < -0.39 is 5.97 Å². The third kappa shape index (κ3) is 9.81. The normalized spacial score (nSPS) is 12.0. The van der Waals surface area contributed by atoms with Gasteiger partial charge in [0.05, 0.1) is 18.4 Å². The number of carbonyl (C=O) groups excluding carboxylic acids is 2. The molecule has 10 heteroatoms. The van der Waals surface area contributed by atoms with Crippen LogP contribution < -0.4 is 15.0 Å². The Bertz CT molecular complexity index is 1070. The number of hydrogen-bond donors (Lipinski definition) is 2. The minimum absolute atomic E-state index is 0.138. The zero-order valence-electron chi connectivity index (χ0n) is 19.9. The van der Waals surface area contributed by atoms with E-state index in [0.717, 1.165) is 48.5 Å². The number of ether oxygens (including phenoxy) is 3. The summed E-state index contributed by atoms with van der Waals surface area (Å²) in [6, 6.07) is 14.0. The highest BCUT2D eigenvalue weighted by Gasteiger charge is 2.21. The van der Waals surface area contributed by atoms with E-state index in [2.05, 4.69) is 27.1 Å². The second-order valence-corrected chi connectivity index (χ2v) is 7.70. The Hall–Kier alpha value is -3.82. The molecule has 1 aliphatic rings. The van der Waals surface area contributed by atoms with Gasteiger partial charge in [-0.1, -0.05) is 35.9 Å². The predicted molar refractivity (Wildman–Crippen MR) is 136 cm³/mol. The molecule has 0 unspecified atom stereocenters. The van der Waals surface area contributed by atoms with Crippen molar-refractivity contribution in [2.24, 2.45) is 0 Å². The van der Waals surface area contributed by atoms with Crippen LogP contribution in [-0.2, 0) is 30.5 Å². The van der Waals surface area contributed by atoms with Crippen LogP contribution in [0.15, 0.2) is 67.0 Å². The summed E-state index contributed by atoms with van der Waals surface area (Å²) in [6.45, 7) is 5.13. The maximum absolute atomic E-state index is 11.3. The number of rotatable bonds is 11. The Balaban J connectivity index is 0.000000493. The Morgan fingerprint density at radius 2 is 2.00 bits per heavy atom. The maximum Gasteiger partial charge on any atom is 0.331 e. The summed E-state index contributed by atoms with van der Waals surface area (Å²) in [5.41, 5.74) is 3.28. The third-order valence-electron chi connectivity index (χ3n) is 4.76. The van der Waals surface area contributed by atoms with Gasteiger partial charge >= 0.3 is 11.9 Å². The number of carboxylic acids is 1. The first kappa shape index (κ1) is 28.4. The number of carbonyl (C=O) groups is 3. The van der Waals surface area contributed by atoms with Crippen molar-refractivity contribution in [2.45, 2.75) is 20.0 Å². The molecule has 9 nitrogen and oxygen atoms in total. The number of nitrogens with zero attached hydrogens (tertiary/aromatic N) is 1. The van der Waals surface area contributed by atoms with Crippen molar-refractivity contribution in [1.82, 2.24) is 5.32 Å². The quantitative estimate of drug-likeness (QED) is 0.149. The molecule has 2 aromatic carbocycles. The lowest BCUT2D eigenvalue weighted by Gasteiger charge is -2.26. The van der Waals surface area contributed by atoms with Gasteiger partial charge in [-0.2, -0.15) is 0 Å². The SMILES string of the molecule is CCOC(=O)/C=C/CNCCCN1c2ccccc2COc2ccc(Cl)cc21.O=CO/C=C\C(=O)O. The van der Waals surface area contributed by atoms with Crippen molar-refractivity contribution in [3.8, 4) is 5.75 Å². The number of fused-ring (bicyclic) bond motifs is 2. The fourth-order valence-electron chi connectivity index (χ4n) is 3.27. The minimum atomic E-state index is -1.15.